The molecular formula is C27H37F3N4O3. The van der Waals surface area contributed by atoms with Crippen LogP contribution in [0, 0.1) is 5.92 Å². The number of piperidine rings is 1. The maximum atomic E-state index is 12.9. The van der Waals surface area contributed by atoms with Crippen molar-refractivity contribution in [3.05, 3.63) is 23.8 Å². The Labute approximate surface area is 215 Å². The third-order valence-corrected chi connectivity index (χ3v) is 8.09. The molecule has 0 unspecified atom stereocenters. The van der Waals surface area contributed by atoms with E-state index in [0.29, 0.717) is 23.1 Å². The van der Waals surface area contributed by atoms with Gasteiger partial charge in [-0.1, -0.05) is 6.92 Å². The van der Waals surface area contributed by atoms with E-state index in [1.54, 1.807) is 13.1 Å². The van der Waals surface area contributed by atoms with Gasteiger partial charge in [-0.2, -0.15) is 13.2 Å². The fourth-order valence-corrected chi connectivity index (χ4v) is 6.04. The second kappa shape index (κ2) is 11.4. The summed E-state index contributed by atoms with van der Waals surface area (Å²) in [4.78, 5) is 16.4. The molecule has 37 heavy (non-hydrogen) atoms. The van der Waals surface area contributed by atoms with E-state index < -0.39 is 18.5 Å². The van der Waals surface area contributed by atoms with E-state index in [-0.39, 0.29) is 24.5 Å². The summed E-state index contributed by atoms with van der Waals surface area (Å²) in [6.07, 6.45) is 4.29. The molecule has 2 aromatic rings. The molecule has 0 amide bonds. The third kappa shape index (κ3) is 6.70. The topological polar surface area (TPSA) is 80.6 Å². The van der Waals surface area contributed by atoms with E-state index in [0.717, 1.165) is 82.3 Å². The molecule has 0 radical (unpaired) electrons. The monoisotopic (exact) mass is 522 g/mol. The fourth-order valence-electron chi connectivity index (χ4n) is 6.04. The van der Waals surface area contributed by atoms with Crippen molar-refractivity contribution < 1.29 is 27.8 Å². The number of ether oxygens (including phenoxy) is 2. The zero-order valence-electron chi connectivity index (χ0n) is 21.4. The van der Waals surface area contributed by atoms with E-state index in [1.165, 1.54) is 0 Å². The van der Waals surface area contributed by atoms with Gasteiger partial charge >= 0.3 is 6.18 Å². The van der Waals surface area contributed by atoms with Gasteiger partial charge in [0, 0.05) is 56.5 Å². The zero-order chi connectivity index (χ0) is 26.0. The summed E-state index contributed by atoms with van der Waals surface area (Å²) >= 11 is 0. The van der Waals surface area contributed by atoms with Gasteiger partial charge in [0.15, 0.2) is 0 Å². The molecule has 3 fully saturated rings. The Morgan fingerprint density at radius 3 is 2.51 bits per heavy atom. The van der Waals surface area contributed by atoms with Crippen molar-refractivity contribution in [3.63, 3.8) is 0 Å². The molecule has 2 saturated heterocycles. The molecule has 204 valence electrons. The van der Waals surface area contributed by atoms with Crippen LogP contribution in [-0.2, 0) is 11.2 Å². The summed E-state index contributed by atoms with van der Waals surface area (Å²) < 4.78 is 50.6. The molecule has 2 aromatic heterocycles. The standard InChI is InChI=1S/C27H37F3N4O3/c1-17(13-27(28,29)30)12-24-31-15-23-25(33-24)22(18-2-4-20(35)5-3-18)14-32-26(23)37-21-6-9-34(10-7-21)19-8-11-36-16-19/h14-15,17-21,35H,2-13,16H2,1H3/t17-,18?,19+,20?/m1/s1. The molecule has 10 heteroatoms. The number of aliphatic hydroxyl groups excluding tert-OH is 1. The molecule has 3 aliphatic rings. The van der Waals surface area contributed by atoms with Crippen LogP contribution in [0.25, 0.3) is 10.9 Å². The smallest absolute Gasteiger partial charge is 0.389 e. The number of likely N-dealkylation sites (tertiary alicyclic amines) is 1. The number of pyridine rings is 1. The molecule has 1 saturated carbocycles. The van der Waals surface area contributed by atoms with Crippen LogP contribution in [0.3, 0.4) is 0 Å². The zero-order valence-corrected chi connectivity index (χ0v) is 21.4. The van der Waals surface area contributed by atoms with Gasteiger partial charge in [0.2, 0.25) is 5.88 Å². The summed E-state index contributed by atoms with van der Waals surface area (Å²) in [7, 11) is 0. The van der Waals surface area contributed by atoms with Crippen LogP contribution < -0.4 is 4.74 Å². The first kappa shape index (κ1) is 26.6. The predicted octanol–water partition coefficient (Wildman–Crippen LogP) is 4.81. The normalized spacial score (nSPS) is 27.0. The summed E-state index contributed by atoms with van der Waals surface area (Å²) in [5, 5.41) is 10.7. The SMILES string of the molecule is C[C@H](Cc1ncc2c(OC3CCN([C@H]4CCOC4)CC3)ncc(C3CCC(O)CC3)c2n1)CC(F)(F)F. The maximum Gasteiger partial charge on any atom is 0.389 e. The third-order valence-electron chi connectivity index (χ3n) is 8.09. The lowest BCUT2D eigenvalue weighted by molar-refractivity contribution is -0.143. The van der Waals surface area contributed by atoms with Crippen LogP contribution in [0.1, 0.15) is 75.6 Å². The minimum atomic E-state index is -4.21. The minimum absolute atomic E-state index is 0.0384. The van der Waals surface area contributed by atoms with Crippen LogP contribution in [-0.4, -0.2) is 75.7 Å². The molecule has 0 aromatic carbocycles. The Bertz CT molecular complexity index is 1050. The number of halogens is 3. The van der Waals surface area contributed by atoms with Gasteiger partial charge in [0.25, 0.3) is 0 Å². The number of nitrogens with zero attached hydrogens (tertiary/aromatic N) is 4. The Balaban J connectivity index is 1.36. The molecule has 2 aliphatic heterocycles. The quantitative estimate of drug-likeness (QED) is 0.559. The van der Waals surface area contributed by atoms with Crippen molar-refractivity contribution in [1.82, 2.24) is 19.9 Å². The molecule has 7 nitrogen and oxygen atoms in total. The Hall–Kier alpha value is -2.04. The first-order valence-electron chi connectivity index (χ1n) is 13.6. The molecule has 5 rings (SSSR count). The summed E-state index contributed by atoms with van der Waals surface area (Å²) in [6.45, 7) is 5.13. The number of fused-ring (bicyclic) bond motifs is 1. The maximum absolute atomic E-state index is 12.9. The average Bonchev–Trinajstić information content (AvgIpc) is 3.39. The van der Waals surface area contributed by atoms with E-state index in [4.69, 9.17) is 14.5 Å². The largest absolute Gasteiger partial charge is 0.474 e. The molecule has 2 atom stereocenters. The number of aromatic nitrogens is 3. The lowest BCUT2D eigenvalue weighted by atomic mass is 9.82. The van der Waals surface area contributed by atoms with Crippen molar-refractivity contribution in [3.8, 4) is 5.88 Å². The van der Waals surface area contributed by atoms with Crippen molar-refractivity contribution in [2.75, 3.05) is 26.3 Å². The van der Waals surface area contributed by atoms with E-state index in [2.05, 4.69) is 14.9 Å². The highest BCUT2D eigenvalue weighted by Crippen LogP contribution is 2.38. The van der Waals surface area contributed by atoms with E-state index in [9.17, 15) is 18.3 Å². The van der Waals surface area contributed by atoms with Crippen LogP contribution in [0.5, 0.6) is 5.88 Å². The number of alkyl halides is 3. The number of aliphatic hydroxyl groups is 1. The van der Waals surface area contributed by atoms with Crippen molar-refractivity contribution in [2.45, 2.75) is 95.1 Å². The Kier molecular flexibility index (Phi) is 8.16. The predicted molar refractivity (Wildman–Crippen MR) is 133 cm³/mol. The summed E-state index contributed by atoms with van der Waals surface area (Å²) in [5.74, 6) is 0.483. The first-order valence-corrected chi connectivity index (χ1v) is 13.6. The Morgan fingerprint density at radius 1 is 1.08 bits per heavy atom. The minimum Gasteiger partial charge on any atom is -0.474 e. The van der Waals surface area contributed by atoms with Crippen LogP contribution in [0.15, 0.2) is 12.4 Å². The number of hydrogen-bond donors (Lipinski definition) is 1. The van der Waals surface area contributed by atoms with Crippen LogP contribution in [0.4, 0.5) is 13.2 Å². The number of rotatable bonds is 7. The lowest BCUT2D eigenvalue weighted by Gasteiger charge is -2.35. The van der Waals surface area contributed by atoms with Crippen molar-refractivity contribution in [2.24, 2.45) is 5.92 Å². The lowest BCUT2D eigenvalue weighted by Crippen LogP contribution is -2.44. The van der Waals surface area contributed by atoms with Crippen molar-refractivity contribution >= 4 is 10.9 Å². The summed E-state index contributed by atoms with van der Waals surface area (Å²) in [6, 6.07) is 0.500. The molecule has 4 heterocycles. The van der Waals surface area contributed by atoms with Gasteiger partial charge in [-0.05, 0) is 56.8 Å². The van der Waals surface area contributed by atoms with E-state index in [1.807, 2.05) is 6.20 Å². The van der Waals surface area contributed by atoms with E-state index >= 15 is 0 Å². The van der Waals surface area contributed by atoms with Gasteiger partial charge in [-0.15, -0.1) is 0 Å². The van der Waals surface area contributed by atoms with Gasteiger partial charge in [0.05, 0.1) is 23.6 Å². The highest BCUT2D eigenvalue weighted by molar-refractivity contribution is 5.85. The Morgan fingerprint density at radius 2 is 1.84 bits per heavy atom. The van der Waals surface area contributed by atoms with Crippen LogP contribution in [0.2, 0.25) is 0 Å². The average molecular weight is 523 g/mol. The highest BCUT2D eigenvalue weighted by atomic mass is 19.4. The molecule has 0 bridgehead atoms. The van der Waals surface area contributed by atoms with Gasteiger partial charge < -0.3 is 14.6 Å². The number of hydrogen-bond acceptors (Lipinski definition) is 7. The molecule has 0 spiro atoms. The van der Waals surface area contributed by atoms with Gasteiger partial charge in [-0.3, -0.25) is 4.90 Å². The highest BCUT2D eigenvalue weighted by Gasteiger charge is 2.32. The second-order valence-corrected chi connectivity index (χ2v) is 11.1. The van der Waals surface area contributed by atoms with Crippen LogP contribution >= 0.6 is 0 Å². The molecular weight excluding hydrogens is 485 g/mol. The molecule has 1 aliphatic carbocycles. The van der Waals surface area contributed by atoms with Gasteiger partial charge in [0.1, 0.15) is 11.9 Å². The first-order chi connectivity index (χ1) is 17.7. The fraction of sp³-hybridized carbons (Fsp3) is 0.741. The second-order valence-electron chi connectivity index (χ2n) is 11.1. The molecule has 1 N–H and O–H groups in total. The summed E-state index contributed by atoms with van der Waals surface area (Å²) in [5.41, 5.74) is 1.69. The van der Waals surface area contributed by atoms with Crippen molar-refractivity contribution in [1.29, 1.82) is 0 Å². The van der Waals surface area contributed by atoms with Gasteiger partial charge in [-0.25, -0.2) is 15.0 Å².